The maximum absolute atomic E-state index is 14.8. The standard InChI is InChI=1S/C27H27F3N4O2/c1-3-36-14-16-10-21(29)25(22(30)11-16)26-20(28)4-5-23(33-26)27(35)34-24-13-32-7-6-19(24)17-8-15(2)9-18(31)12-17/h4-7,9-11,13,17-18H,3,8,12,14,31H2,1-2H3,(H,34,35)/t17-,18+/m1/s1. The SMILES string of the molecule is CCOCc1cc(F)c(-c2nc(C(=O)Nc3cnccc3[C@@H]3CC(C)=C[C@H](N)C3)ccc2F)c(F)c1. The van der Waals surface area contributed by atoms with Gasteiger partial charge in [0.1, 0.15) is 28.8 Å². The maximum Gasteiger partial charge on any atom is 0.274 e. The number of ether oxygens (including phenoxy) is 1. The van der Waals surface area contributed by atoms with E-state index in [1.165, 1.54) is 6.20 Å². The van der Waals surface area contributed by atoms with E-state index in [9.17, 15) is 18.0 Å². The third-order valence-corrected chi connectivity index (χ3v) is 6.06. The Hall–Kier alpha value is -3.56. The Morgan fingerprint density at radius 1 is 1.17 bits per heavy atom. The number of nitrogens with zero attached hydrogens (tertiary/aromatic N) is 2. The van der Waals surface area contributed by atoms with E-state index in [1.54, 1.807) is 13.1 Å². The van der Waals surface area contributed by atoms with Crippen molar-refractivity contribution in [2.45, 2.75) is 45.3 Å². The summed E-state index contributed by atoms with van der Waals surface area (Å²) in [5, 5.41) is 2.76. The highest BCUT2D eigenvalue weighted by Gasteiger charge is 2.24. The molecule has 1 aliphatic carbocycles. The number of rotatable bonds is 7. The van der Waals surface area contributed by atoms with E-state index in [-0.39, 0.29) is 29.8 Å². The van der Waals surface area contributed by atoms with Crippen LogP contribution in [0.2, 0.25) is 0 Å². The quantitative estimate of drug-likeness (QED) is 0.422. The Bertz CT molecular complexity index is 1290. The molecule has 1 aliphatic rings. The number of halogens is 3. The highest BCUT2D eigenvalue weighted by atomic mass is 19.1. The third-order valence-electron chi connectivity index (χ3n) is 6.06. The predicted molar refractivity (Wildman–Crippen MR) is 131 cm³/mol. The number of amides is 1. The Balaban J connectivity index is 1.62. The summed E-state index contributed by atoms with van der Waals surface area (Å²) in [5.74, 6) is -3.53. The van der Waals surface area contributed by atoms with E-state index in [4.69, 9.17) is 10.5 Å². The van der Waals surface area contributed by atoms with E-state index in [0.29, 0.717) is 18.7 Å². The van der Waals surface area contributed by atoms with Gasteiger partial charge in [0.25, 0.3) is 5.91 Å². The molecule has 0 unspecified atom stereocenters. The molecule has 0 saturated heterocycles. The van der Waals surface area contributed by atoms with Gasteiger partial charge in [-0.15, -0.1) is 0 Å². The highest BCUT2D eigenvalue weighted by molar-refractivity contribution is 6.03. The van der Waals surface area contributed by atoms with Crippen molar-refractivity contribution in [3.05, 3.63) is 88.6 Å². The molecule has 0 aliphatic heterocycles. The fourth-order valence-corrected chi connectivity index (χ4v) is 4.49. The lowest BCUT2D eigenvalue weighted by molar-refractivity contribution is 0.102. The number of hydrogen-bond acceptors (Lipinski definition) is 5. The van der Waals surface area contributed by atoms with Gasteiger partial charge in [-0.05, 0) is 74.1 Å². The molecule has 1 aromatic carbocycles. The molecule has 3 N–H and O–H groups in total. The zero-order chi connectivity index (χ0) is 25.8. The molecule has 0 radical (unpaired) electrons. The van der Waals surface area contributed by atoms with Crippen LogP contribution in [-0.4, -0.2) is 28.5 Å². The molecule has 2 heterocycles. The number of anilines is 1. The van der Waals surface area contributed by atoms with Crippen LogP contribution in [0, 0.1) is 17.5 Å². The van der Waals surface area contributed by atoms with Crippen molar-refractivity contribution in [1.29, 1.82) is 0 Å². The summed E-state index contributed by atoms with van der Waals surface area (Å²) in [6.45, 7) is 4.16. The molecule has 1 amide bonds. The summed E-state index contributed by atoms with van der Waals surface area (Å²) in [6.07, 6.45) is 6.69. The van der Waals surface area contributed by atoms with E-state index in [2.05, 4.69) is 15.3 Å². The second kappa shape index (κ2) is 11.0. The number of aromatic nitrogens is 2. The minimum Gasteiger partial charge on any atom is -0.377 e. The van der Waals surface area contributed by atoms with Crippen LogP contribution in [0.5, 0.6) is 0 Å². The summed E-state index contributed by atoms with van der Waals surface area (Å²) >= 11 is 0. The van der Waals surface area contributed by atoms with Gasteiger partial charge in [-0.1, -0.05) is 11.6 Å². The van der Waals surface area contributed by atoms with Crippen LogP contribution in [0.25, 0.3) is 11.3 Å². The number of carbonyl (C=O) groups excluding carboxylic acids is 1. The zero-order valence-corrected chi connectivity index (χ0v) is 20.0. The largest absolute Gasteiger partial charge is 0.377 e. The Kier molecular flexibility index (Phi) is 7.81. The number of nitrogens with two attached hydrogens (primary N) is 1. The number of nitrogens with one attached hydrogen (secondary N) is 1. The van der Waals surface area contributed by atoms with E-state index in [1.807, 2.05) is 19.1 Å². The number of carbonyl (C=O) groups is 1. The van der Waals surface area contributed by atoms with E-state index >= 15 is 0 Å². The highest BCUT2D eigenvalue weighted by Crippen LogP contribution is 2.36. The van der Waals surface area contributed by atoms with Crippen molar-refractivity contribution in [3.63, 3.8) is 0 Å². The predicted octanol–water partition coefficient (Wildman–Crippen LogP) is 5.50. The normalized spacial score (nSPS) is 17.6. The van der Waals surface area contributed by atoms with Crippen molar-refractivity contribution in [2.75, 3.05) is 11.9 Å². The molecule has 0 saturated carbocycles. The number of hydrogen-bond donors (Lipinski definition) is 2. The van der Waals surface area contributed by atoms with Crippen LogP contribution in [0.15, 0.2) is 54.4 Å². The average molecular weight is 497 g/mol. The van der Waals surface area contributed by atoms with Crippen molar-refractivity contribution in [3.8, 4) is 11.3 Å². The van der Waals surface area contributed by atoms with Gasteiger partial charge in [0, 0.05) is 18.8 Å². The molecule has 4 rings (SSSR count). The lowest BCUT2D eigenvalue weighted by Crippen LogP contribution is -2.25. The topological polar surface area (TPSA) is 90.1 Å². The van der Waals surface area contributed by atoms with E-state index < -0.39 is 34.6 Å². The third kappa shape index (κ3) is 5.63. The molecule has 2 aromatic heterocycles. The van der Waals surface area contributed by atoms with Crippen LogP contribution in [0.3, 0.4) is 0 Å². The van der Waals surface area contributed by atoms with Crippen molar-refractivity contribution in [2.24, 2.45) is 5.73 Å². The molecule has 6 nitrogen and oxygen atoms in total. The van der Waals surface area contributed by atoms with Gasteiger partial charge >= 0.3 is 0 Å². The van der Waals surface area contributed by atoms with Crippen molar-refractivity contribution < 1.29 is 22.7 Å². The van der Waals surface area contributed by atoms with Crippen LogP contribution < -0.4 is 11.1 Å². The molecule has 188 valence electrons. The maximum atomic E-state index is 14.8. The summed E-state index contributed by atoms with van der Waals surface area (Å²) in [5.41, 5.74) is 7.47. The first kappa shape index (κ1) is 25.5. The number of allylic oxidation sites excluding steroid dienone is 1. The Labute approximate surface area is 207 Å². The molecule has 0 fully saturated rings. The molecule has 2 atom stereocenters. The van der Waals surface area contributed by atoms with Crippen LogP contribution in [0.4, 0.5) is 18.9 Å². The molecule has 9 heteroatoms. The minimum atomic E-state index is -1.000. The second-order valence-electron chi connectivity index (χ2n) is 8.83. The summed E-state index contributed by atoms with van der Waals surface area (Å²) in [4.78, 5) is 21.1. The average Bonchev–Trinajstić information content (AvgIpc) is 2.83. The molecule has 0 bridgehead atoms. The molecule has 3 aromatic rings. The second-order valence-corrected chi connectivity index (χ2v) is 8.83. The van der Waals surface area contributed by atoms with Gasteiger partial charge in [0.2, 0.25) is 0 Å². The summed E-state index contributed by atoms with van der Waals surface area (Å²) < 4.78 is 49.3. The van der Waals surface area contributed by atoms with Gasteiger partial charge in [-0.25, -0.2) is 18.2 Å². The monoisotopic (exact) mass is 496 g/mol. The van der Waals surface area contributed by atoms with Gasteiger partial charge in [-0.2, -0.15) is 0 Å². The van der Waals surface area contributed by atoms with E-state index in [0.717, 1.165) is 41.8 Å². The zero-order valence-electron chi connectivity index (χ0n) is 20.0. The summed E-state index contributed by atoms with van der Waals surface area (Å²) in [6, 6.07) is 5.98. The molecule has 36 heavy (non-hydrogen) atoms. The first-order chi connectivity index (χ1) is 17.3. The first-order valence-electron chi connectivity index (χ1n) is 11.7. The van der Waals surface area contributed by atoms with Crippen LogP contribution >= 0.6 is 0 Å². The lowest BCUT2D eigenvalue weighted by Gasteiger charge is -2.27. The van der Waals surface area contributed by atoms with Gasteiger partial charge in [0.15, 0.2) is 0 Å². The number of pyridine rings is 2. The van der Waals surface area contributed by atoms with Gasteiger partial charge in [0.05, 0.1) is 24.1 Å². The van der Waals surface area contributed by atoms with Crippen LogP contribution in [-0.2, 0) is 11.3 Å². The smallest absolute Gasteiger partial charge is 0.274 e. The minimum absolute atomic E-state index is 0.0115. The van der Waals surface area contributed by atoms with Crippen LogP contribution in [0.1, 0.15) is 54.2 Å². The summed E-state index contributed by atoms with van der Waals surface area (Å²) in [7, 11) is 0. The fourth-order valence-electron chi connectivity index (χ4n) is 4.49. The lowest BCUT2D eigenvalue weighted by atomic mass is 9.82. The Morgan fingerprint density at radius 3 is 2.61 bits per heavy atom. The molecular formula is C27H27F3N4O2. The van der Waals surface area contributed by atoms with Crippen molar-refractivity contribution in [1.82, 2.24) is 9.97 Å². The fraction of sp³-hybridized carbons (Fsp3) is 0.296. The number of benzene rings is 1. The Morgan fingerprint density at radius 2 is 1.92 bits per heavy atom. The molecular weight excluding hydrogens is 469 g/mol. The van der Waals surface area contributed by atoms with Gasteiger partial charge in [-0.3, -0.25) is 9.78 Å². The van der Waals surface area contributed by atoms with Gasteiger partial charge < -0.3 is 15.8 Å². The first-order valence-corrected chi connectivity index (χ1v) is 11.7. The molecule has 0 spiro atoms. The van der Waals surface area contributed by atoms with Crippen molar-refractivity contribution >= 4 is 11.6 Å².